The van der Waals surface area contributed by atoms with Gasteiger partial charge in [-0.1, -0.05) is 35.9 Å². The van der Waals surface area contributed by atoms with E-state index in [-0.39, 0.29) is 40.7 Å². The summed E-state index contributed by atoms with van der Waals surface area (Å²) in [6.07, 6.45) is 7.49. The lowest BCUT2D eigenvalue weighted by atomic mass is 9.95. The van der Waals surface area contributed by atoms with Gasteiger partial charge in [0.05, 0.1) is 21.6 Å². The van der Waals surface area contributed by atoms with Crippen LogP contribution in [0.3, 0.4) is 0 Å². The number of ether oxygens (including phenoxy) is 1. The number of pyridine rings is 1. The molecule has 14 heteroatoms. The first-order chi connectivity index (χ1) is 25.1. The Balaban J connectivity index is 1.09. The first kappa shape index (κ1) is 34.2. The van der Waals surface area contributed by atoms with Gasteiger partial charge in [-0.05, 0) is 49.9 Å². The minimum Gasteiger partial charge on any atom is -0.461 e. The van der Waals surface area contributed by atoms with Crippen LogP contribution in [0, 0.1) is 24.5 Å². The molecule has 3 aromatic heterocycles. The molecular weight excluding hydrogens is 693 g/mol. The predicted octanol–water partition coefficient (Wildman–Crippen LogP) is 6.44. The van der Waals surface area contributed by atoms with Crippen molar-refractivity contribution < 1.29 is 22.7 Å². The summed E-state index contributed by atoms with van der Waals surface area (Å²) in [4.78, 5) is 40.8. The average Bonchev–Trinajstić information content (AvgIpc) is 3.64. The van der Waals surface area contributed by atoms with Crippen LogP contribution in [0.5, 0.6) is 6.01 Å². The van der Waals surface area contributed by atoms with Crippen LogP contribution in [0.2, 0.25) is 5.02 Å². The summed E-state index contributed by atoms with van der Waals surface area (Å²) in [6.45, 7) is 4.68. The standard InChI is InChI=1S/C38H36ClF3N8O2/c1-22-43-13-11-26(45-22)8-10-30(51)49-18-23(19-49)17-48(2)36-28-16-44-34(27-6-3-5-24-7-9-29(41)32(39)31(24)27)33(42)35(28)46-37(47-36)52-21-38-12-4-14-50(38)20-25(40)15-38/h3,5-11,13,16,23,25H,4,12,14-15,17-21H2,1-2H3/b10-8+/t25-,38+/m1/s1. The quantitative estimate of drug-likeness (QED) is 0.159. The van der Waals surface area contributed by atoms with E-state index in [1.807, 2.05) is 11.9 Å². The predicted molar refractivity (Wildman–Crippen MR) is 193 cm³/mol. The second-order valence-electron chi connectivity index (χ2n) is 14.0. The number of carbonyl (C=O) groups excluding carboxylic acids is 1. The van der Waals surface area contributed by atoms with Crippen LogP contribution in [0.1, 0.15) is 30.8 Å². The number of nitrogens with zero attached hydrogens (tertiary/aromatic N) is 8. The maximum Gasteiger partial charge on any atom is 0.319 e. The van der Waals surface area contributed by atoms with Gasteiger partial charge in [0.15, 0.2) is 5.82 Å². The van der Waals surface area contributed by atoms with Crippen molar-refractivity contribution in [3.63, 3.8) is 0 Å². The zero-order valence-electron chi connectivity index (χ0n) is 28.7. The van der Waals surface area contributed by atoms with E-state index in [4.69, 9.17) is 21.3 Å². The van der Waals surface area contributed by atoms with Gasteiger partial charge in [0.25, 0.3) is 0 Å². The van der Waals surface area contributed by atoms with Crippen molar-refractivity contribution in [2.45, 2.75) is 37.9 Å². The number of fused-ring (bicyclic) bond motifs is 3. The van der Waals surface area contributed by atoms with E-state index in [0.717, 1.165) is 19.4 Å². The van der Waals surface area contributed by atoms with Crippen molar-refractivity contribution in [3.05, 3.63) is 83.0 Å². The monoisotopic (exact) mass is 728 g/mol. The van der Waals surface area contributed by atoms with Gasteiger partial charge in [-0.3, -0.25) is 14.7 Å². The van der Waals surface area contributed by atoms with Crippen molar-refractivity contribution in [3.8, 4) is 17.3 Å². The number of aromatic nitrogens is 5. The van der Waals surface area contributed by atoms with E-state index < -0.39 is 23.3 Å². The molecule has 0 spiro atoms. The van der Waals surface area contributed by atoms with E-state index >= 15 is 4.39 Å². The Hall–Kier alpha value is -4.88. The number of alkyl halides is 1. The Morgan fingerprint density at radius 2 is 1.96 bits per heavy atom. The van der Waals surface area contributed by atoms with Crippen LogP contribution in [0.25, 0.3) is 39.0 Å². The van der Waals surface area contributed by atoms with E-state index in [1.54, 1.807) is 54.4 Å². The molecule has 0 unspecified atom stereocenters. The molecule has 8 rings (SSSR count). The molecule has 0 saturated carbocycles. The number of aryl methyl sites for hydroxylation is 1. The summed E-state index contributed by atoms with van der Waals surface area (Å²) in [7, 11) is 1.84. The molecule has 0 radical (unpaired) electrons. The third-order valence-corrected chi connectivity index (χ3v) is 10.8. The van der Waals surface area contributed by atoms with Crippen LogP contribution in [0.15, 0.2) is 54.9 Å². The highest BCUT2D eigenvalue weighted by Crippen LogP contribution is 2.41. The number of likely N-dealkylation sites (tertiary alicyclic amines) is 1. The number of carbonyl (C=O) groups is 1. The Morgan fingerprint density at radius 1 is 1.12 bits per heavy atom. The minimum absolute atomic E-state index is 0.0209. The molecule has 52 heavy (non-hydrogen) atoms. The average molecular weight is 729 g/mol. The van der Waals surface area contributed by atoms with Gasteiger partial charge in [-0.2, -0.15) is 9.97 Å². The van der Waals surface area contributed by atoms with Crippen LogP contribution >= 0.6 is 11.6 Å². The lowest BCUT2D eigenvalue weighted by Gasteiger charge is -2.40. The SMILES string of the molecule is Cc1nccc(/C=C/C(=O)N2CC(CN(C)c3nc(OC[C@@]45CCCN4C[C@H](F)C5)nc4c(F)c(-c5cccc6ccc(F)c(Cl)c56)ncc34)C2)n1. The lowest BCUT2D eigenvalue weighted by Crippen LogP contribution is -2.53. The molecule has 2 atom stereocenters. The van der Waals surface area contributed by atoms with Gasteiger partial charge in [-0.25, -0.2) is 23.1 Å². The largest absolute Gasteiger partial charge is 0.461 e. The molecule has 6 heterocycles. The number of amides is 1. The zero-order valence-corrected chi connectivity index (χ0v) is 29.5. The Morgan fingerprint density at radius 3 is 2.79 bits per heavy atom. The Kier molecular flexibility index (Phi) is 8.94. The molecule has 3 aliphatic heterocycles. The van der Waals surface area contributed by atoms with Gasteiger partial charge in [0.2, 0.25) is 5.91 Å². The van der Waals surface area contributed by atoms with E-state index in [2.05, 4.69) is 24.8 Å². The number of hydrogen-bond acceptors (Lipinski definition) is 9. The second-order valence-corrected chi connectivity index (χ2v) is 14.4. The Labute approximate surface area is 303 Å². The molecule has 2 aromatic carbocycles. The van der Waals surface area contributed by atoms with Crippen LogP contribution in [0.4, 0.5) is 19.0 Å². The first-order valence-electron chi connectivity index (χ1n) is 17.3. The number of rotatable bonds is 9. The van der Waals surface area contributed by atoms with Crippen molar-refractivity contribution >= 4 is 51.1 Å². The Bertz CT molecular complexity index is 2230. The summed E-state index contributed by atoms with van der Waals surface area (Å²) in [6, 6.07) is 9.70. The van der Waals surface area contributed by atoms with Crippen LogP contribution in [-0.4, -0.2) is 98.7 Å². The molecule has 0 aliphatic carbocycles. The third-order valence-electron chi connectivity index (χ3n) is 10.4. The summed E-state index contributed by atoms with van der Waals surface area (Å²) in [5.41, 5.74) is 0.453. The topological polar surface area (TPSA) is 100 Å². The summed E-state index contributed by atoms with van der Waals surface area (Å²) < 4.78 is 52.1. The highest BCUT2D eigenvalue weighted by Gasteiger charge is 2.49. The molecule has 0 bridgehead atoms. The summed E-state index contributed by atoms with van der Waals surface area (Å²) >= 11 is 6.41. The van der Waals surface area contributed by atoms with Crippen LogP contribution in [-0.2, 0) is 4.79 Å². The molecule has 268 valence electrons. The molecule has 3 aliphatic rings. The number of benzene rings is 2. The minimum atomic E-state index is -0.938. The van der Waals surface area contributed by atoms with Gasteiger partial charge in [0.1, 0.15) is 41.4 Å². The fourth-order valence-electron chi connectivity index (χ4n) is 7.89. The van der Waals surface area contributed by atoms with Crippen molar-refractivity contribution in [1.82, 2.24) is 34.7 Å². The highest BCUT2D eigenvalue weighted by atomic mass is 35.5. The smallest absolute Gasteiger partial charge is 0.319 e. The maximum absolute atomic E-state index is 16.8. The molecular formula is C38H36ClF3N8O2. The molecule has 0 N–H and O–H groups in total. The van der Waals surface area contributed by atoms with Crippen molar-refractivity contribution in [2.24, 2.45) is 5.92 Å². The molecule has 5 aromatic rings. The van der Waals surface area contributed by atoms with Crippen molar-refractivity contribution in [1.29, 1.82) is 0 Å². The van der Waals surface area contributed by atoms with Crippen molar-refractivity contribution in [2.75, 3.05) is 51.3 Å². The van der Waals surface area contributed by atoms with E-state index in [9.17, 15) is 13.6 Å². The zero-order chi connectivity index (χ0) is 36.1. The molecule has 3 saturated heterocycles. The third kappa shape index (κ3) is 6.29. The number of anilines is 1. The fraction of sp³-hybridized carbons (Fsp3) is 0.368. The summed E-state index contributed by atoms with van der Waals surface area (Å²) in [5, 5.41) is 1.20. The molecule has 10 nitrogen and oxygen atoms in total. The first-order valence-corrected chi connectivity index (χ1v) is 17.7. The molecule has 3 fully saturated rings. The van der Waals surface area contributed by atoms with Gasteiger partial charge < -0.3 is 14.5 Å². The van der Waals surface area contributed by atoms with Gasteiger partial charge in [0, 0.05) is 75.0 Å². The highest BCUT2D eigenvalue weighted by molar-refractivity contribution is 6.36. The normalized spacial score (nSPS) is 20.6. The van der Waals surface area contributed by atoms with Crippen LogP contribution < -0.4 is 9.64 Å². The fourth-order valence-corrected chi connectivity index (χ4v) is 8.16. The van der Waals surface area contributed by atoms with Gasteiger partial charge in [-0.15, -0.1) is 0 Å². The van der Waals surface area contributed by atoms with E-state index in [0.29, 0.717) is 71.7 Å². The van der Waals surface area contributed by atoms with Gasteiger partial charge >= 0.3 is 6.01 Å². The number of halogens is 4. The maximum atomic E-state index is 16.8. The summed E-state index contributed by atoms with van der Waals surface area (Å²) in [5.74, 6) is -0.329. The second kappa shape index (κ2) is 13.6. The number of hydrogen-bond donors (Lipinski definition) is 0. The lowest BCUT2D eigenvalue weighted by molar-refractivity contribution is -0.131. The molecule has 1 amide bonds. The van der Waals surface area contributed by atoms with E-state index in [1.165, 1.54) is 18.3 Å².